The Balaban J connectivity index is 1.89. The van der Waals surface area contributed by atoms with Crippen LogP contribution in [0.25, 0.3) is 10.8 Å². The zero-order valence-electron chi connectivity index (χ0n) is 13.9. The topological polar surface area (TPSA) is 60.4 Å². The second-order valence-corrected chi connectivity index (χ2v) is 6.67. The molecule has 0 saturated carbocycles. The van der Waals surface area contributed by atoms with Crippen LogP contribution in [0.5, 0.6) is 0 Å². The number of oxazole rings is 1. The third-order valence-corrected chi connectivity index (χ3v) is 4.30. The molecular weight excluding hydrogens is 322 g/mol. The van der Waals surface area contributed by atoms with Gasteiger partial charge >= 0.3 is 0 Å². The van der Waals surface area contributed by atoms with Crippen LogP contribution < -0.4 is 5.49 Å². The number of aromatic nitrogens is 2. The fraction of sp³-hybridized carbons (Fsp3) is 0.278. The van der Waals surface area contributed by atoms with Crippen molar-refractivity contribution in [2.75, 3.05) is 0 Å². The number of rotatable bonds is 4. The minimum Gasteiger partial charge on any atom is -0.440 e. The maximum absolute atomic E-state index is 12.7. The van der Waals surface area contributed by atoms with Gasteiger partial charge in [0, 0.05) is 12.2 Å². The van der Waals surface area contributed by atoms with Gasteiger partial charge in [-0.25, -0.2) is 4.98 Å². The molecule has 3 aromatic heterocycles. The van der Waals surface area contributed by atoms with Gasteiger partial charge in [-0.1, -0.05) is 12.1 Å². The molecule has 0 unspecified atom stereocenters. The van der Waals surface area contributed by atoms with Crippen LogP contribution >= 0.6 is 11.3 Å². The van der Waals surface area contributed by atoms with Crippen molar-refractivity contribution in [3.63, 3.8) is 0 Å². The Bertz CT molecular complexity index is 904. The number of hydrogen-bond acceptors (Lipinski definition) is 5. The van der Waals surface area contributed by atoms with Crippen LogP contribution in [0.1, 0.15) is 30.1 Å². The van der Waals surface area contributed by atoms with Crippen molar-refractivity contribution in [3.05, 3.63) is 58.9 Å². The number of carbonyl (C=O) groups is 1. The summed E-state index contributed by atoms with van der Waals surface area (Å²) >= 11 is 1.56. The maximum atomic E-state index is 12.7. The van der Waals surface area contributed by atoms with E-state index in [9.17, 15) is 4.79 Å². The van der Waals surface area contributed by atoms with E-state index in [0.29, 0.717) is 22.8 Å². The molecule has 6 heteroatoms. The number of aryl methyl sites for hydroxylation is 1. The summed E-state index contributed by atoms with van der Waals surface area (Å²) in [5.41, 5.74) is 1.31. The first-order valence-corrected chi connectivity index (χ1v) is 8.67. The maximum Gasteiger partial charge on any atom is 0.238 e. The molecule has 0 atom stereocenters. The third kappa shape index (κ3) is 3.54. The fourth-order valence-corrected chi connectivity index (χ4v) is 2.99. The van der Waals surface area contributed by atoms with Gasteiger partial charge in [0.1, 0.15) is 11.2 Å². The molecule has 0 N–H and O–H groups in total. The monoisotopic (exact) mass is 341 g/mol. The lowest BCUT2D eigenvalue weighted by atomic mass is 10.2. The molecule has 0 aliphatic rings. The Kier molecular flexibility index (Phi) is 4.76. The first-order valence-electron chi connectivity index (χ1n) is 7.79. The Labute approximate surface area is 144 Å². The summed E-state index contributed by atoms with van der Waals surface area (Å²) in [6.07, 6.45) is 1.91. The molecule has 3 aromatic rings. The van der Waals surface area contributed by atoms with Crippen molar-refractivity contribution in [3.8, 4) is 10.8 Å². The van der Waals surface area contributed by atoms with Gasteiger partial charge in [-0.05, 0) is 44.4 Å². The molecule has 0 amide bonds. The SMILES string of the molecule is Cc1oc(-c2cccs2)nc1CC(=O)n1ccccc1=NC(C)C. The lowest BCUT2D eigenvalue weighted by Gasteiger charge is -2.06. The second-order valence-electron chi connectivity index (χ2n) is 5.72. The van der Waals surface area contributed by atoms with Crippen LogP contribution in [-0.2, 0) is 6.42 Å². The summed E-state index contributed by atoms with van der Waals surface area (Å²) in [6.45, 7) is 5.80. The number of hydrogen-bond donors (Lipinski definition) is 0. The summed E-state index contributed by atoms with van der Waals surface area (Å²) in [5, 5.41) is 1.97. The van der Waals surface area contributed by atoms with Gasteiger partial charge < -0.3 is 4.42 Å². The molecule has 0 fully saturated rings. The standard InChI is InChI=1S/C18H19N3O2S/c1-12(2)19-16-8-4-5-9-21(16)17(22)11-14-13(3)23-18(20-14)15-7-6-10-24-15/h4-10,12H,11H2,1-3H3. The largest absolute Gasteiger partial charge is 0.440 e. The molecule has 0 aliphatic heterocycles. The van der Waals surface area contributed by atoms with E-state index < -0.39 is 0 Å². The Hall–Kier alpha value is -2.47. The highest BCUT2D eigenvalue weighted by atomic mass is 32.1. The Morgan fingerprint density at radius 3 is 2.88 bits per heavy atom. The Morgan fingerprint density at radius 2 is 2.17 bits per heavy atom. The quantitative estimate of drug-likeness (QED) is 0.727. The van der Waals surface area contributed by atoms with E-state index in [-0.39, 0.29) is 18.4 Å². The molecule has 0 aliphatic carbocycles. The highest BCUT2D eigenvalue weighted by Gasteiger charge is 2.16. The van der Waals surface area contributed by atoms with E-state index >= 15 is 0 Å². The average Bonchev–Trinajstić information content (AvgIpc) is 3.17. The van der Waals surface area contributed by atoms with Crippen LogP contribution in [-0.4, -0.2) is 21.5 Å². The van der Waals surface area contributed by atoms with Crippen LogP contribution in [0.2, 0.25) is 0 Å². The van der Waals surface area contributed by atoms with E-state index in [1.54, 1.807) is 22.1 Å². The minimum atomic E-state index is -0.0795. The van der Waals surface area contributed by atoms with Crippen LogP contribution in [0.4, 0.5) is 0 Å². The normalized spacial score (nSPS) is 12.1. The first-order chi connectivity index (χ1) is 11.5. The van der Waals surface area contributed by atoms with E-state index in [2.05, 4.69) is 9.98 Å². The molecule has 0 bridgehead atoms. The van der Waals surface area contributed by atoms with Crippen molar-refractivity contribution >= 4 is 17.2 Å². The summed E-state index contributed by atoms with van der Waals surface area (Å²) < 4.78 is 7.27. The second kappa shape index (κ2) is 6.97. The fourth-order valence-electron chi connectivity index (χ4n) is 2.34. The molecule has 0 aromatic carbocycles. The highest BCUT2D eigenvalue weighted by Crippen LogP contribution is 2.26. The third-order valence-electron chi connectivity index (χ3n) is 3.44. The first kappa shape index (κ1) is 16.4. The van der Waals surface area contributed by atoms with Gasteiger partial charge in [-0.15, -0.1) is 11.3 Å². The van der Waals surface area contributed by atoms with Gasteiger partial charge in [0.25, 0.3) is 0 Å². The van der Waals surface area contributed by atoms with Gasteiger partial charge in [-0.2, -0.15) is 0 Å². The van der Waals surface area contributed by atoms with E-state index in [1.807, 2.05) is 56.5 Å². The van der Waals surface area contributed by atoms with Crippen LogP contribution in [0, 0.1) is 6.92 Å². The molecule has 0 spiro atoms. The number of carbonyl (C=O) groups excluding carboxylic acids is 1. The number of pyridine rings is 1. The summed E-state index contributed by atoms with van der Waals surface area (Å²) in [4.78, 5) is 22.6. The van der Waals surface area contributed by atoms with E-state index in [4.69, 9.17) is 4.42 Å². The van der Waals surface area contributed by atoms with E-state index in [1.165, 1.54) is 0 Å². The van der Waals surface area contributed by atoms with Crippen molar-refractivity contribution in [2.45, 2.75) is 33.2 Å². The van der Waals surface area contributed by atoms with Gasteiger partial charge in [0.15, 0.2) is 0 Å². The predicted octanol–water partition coefficient (Wildman–Crippen LogP) is 3.71. The van der Waals surface area contributed by atoms with Gasteiger partial charge in [0.05, 0.1) is 17.0 Å². The van der Waals surface area contributed by atoms with Gasteiger partial charge in [0.2, 0.25) is 11.8 Å². The number of thiophene rings is 1. The molecule has 3 heterocycles. The zero-order valence-corrected chi connectivity index (χ0v) is 14.7. The molecule has 124 valence electrons. The van der Waals surface area contributed by atoms with Crippen LogP contribution in [0.15, 0.2) is 51.3 Å². The molecule has 24 heavy (non-hydrogen) atoms. The molecular formula is C18H19N3O2S. The predicted molar refractivity (Wildman–Crippen MR) is 94.0 cm³/mol. The molecule has 0 radical (unpaired) electrons. The zero-order chi connectivity index (χ0) is 17.1. The summed E-state index contributed by atoms with van der Waals surface area (Å²) in [6, 6.07) is 9.55. The van der Waals surface area contributed by atoms with Crippen molar-refractivity contribution in [1.82, 2.24) is 9.55 Å². The van der Waals surface area contributed by atoms with Crippen molar-refractivity contribution in [1.29, 1.82) is 0 Å². The van der Waals surface area contributed by atoms with Crippen molar-refractivity contribution in [2.24, 2.45) is 4.99 Å². The lowest BCUT2D eigenvalue weighted by Crippen LogP contribution is -2.28. The minimum absolute atomic E-state index is 0.0795. The van der Waals surface area contributed by atoms with Gasteiger partial charge in [-0.3, -0.25) is 14.4 Å². The smallest absolute Gasteiger partial charge is 0.238 e. The summed E-state index contributed by atoms with van der Waals surface area (Å²) in [7, 11) is 0. The Morgan fingerprint density at radius 1 is 1.33 bits per heavy atom. The van der Waals surface area contributed by atoms with Crippen LogP contribution in [0.3, 0.4) is 0 Å². The molecule has 3 rings (SSSR count). The van der Waals surface area contributed by atoms with Crippen molar-refractivity contribution < 1.29 is 9.21 Å². The van der Waals surface area contributed by atoms with E-state index in [0.717, 1.165) is 4.88 Å². The lowest BCUT2D eigenvalue weighted by molar-refractivity contribution is 0.0907. The molecule has 5 nitrogen and oxygen atoms in total. The molecule has 0 saturated heterocycles. The average molecular weight is 341 g/mol. The highest BCUT2D eigenvalue weighted by molar-refractivity contribution is 7.13. The number of nitrogens with zero attached hydrogens (tertiary/aromatic N) is 3. The summed E-state index contributed by atoms with van der Waals surface area (Å²) in [5.74, 6) is 1.16.